The normalized spacial score (nSPS) is 20.6. The molecule has 2 rings (SSSR count). The standard InChI is InChI=1S/C11H9BrF3NOS/c12-9-2-1-6(3-8(9)11(13,14)15)16-5-7(18)4-10(16)17/h1-3,7,18H,4-5H2. The molecule has 1 atom stereocenters. The van der Waals surface area contributed by atoms with Gasteiger partial charge in [0, 0.05) is 28.4 Å². The zero-order chi connectivity index (χ0) is 13.5. The van der Waals surface area contributed by atoms with Crippen molar-refractivity contribution in [3.05, 3.63) is 28.2 Å². The van der Waals surface area contributed by atoms with Crippen LogP contribution in [0.5, 0.6) is 0 Å². The summed E-state index contributed by atoms with van der Waals surface area (Å²) in [5.74, 6) is -0.203. The minimum Gasteiger partial charge on any atom is -0.311 e. The Morgan fingerprint density at radius 2 is 2.06 bits per heavy atom. The largest absolute Gasteiger partial charge is 0.417 e. The van der Waals surface area contributed by atoms with Gasteiger partial charge in [0.15, 0.2) is 0 Å². The number of carbonyl (C=O) groups is 1. The molecule has 0 spiro atoms. The maximum absolute atomic E-state index is 12.7. The molecular weight excluding hydrogens is 331 g/mol. The highest BCUT2D eigenvalue weighted by molar-refractivity contribution is 9.10. The smallest absolute Gasteiger partial charge is 0.311 e. The number of nitrogens with zero attached hydrogens (tertiary/aromatic N) is 1. The summed E-state index contributed by atoms with van der Waals surface area (Å²) in [6.45, 7) is 0.334. The number of hydrogen-bond donors (Lipinski definition) is 1. The van der Waals surface area contributed by atoms with Gasteiger partial charge >= 0.3 is 6.18 Å². The van der Waals surface area contributed by atoms with Crippen molar-refractivity contribution in [1.82, 2.24) is 0 Å². The van der Waals surface area contributed by atoms with Crippen molar-refractivity contribution in [3.8, 4) is 0 Å². The molecule has 1 aliphatic rings. The van der Waals surface area contributed by atoms with Crippen molar-refractivity contribution in [2.45, 2.75) is 17.8 Å². The highest BCUT2D eigenvalue weighted by Gasteiger charge is 2.35. The van der Waals surface area contributed by atoms with Crippen molar-refractivity contribution in [1.29, 1.82) is 0 Å². The zero-order valence-electron chi connectivity index (χ0n) is 9.04. The van der Waals surface area contributed by atoms with Gasteiger partial charge in [-0.1, -0.05) is 15.9 Å². The summed E-state index contributed by atoms with van der Waals surface area (Å²) >= 11 is 7.03. The lowest BCUT2D eigenvalue weighted by molar-refractivity contribution is -0.138. The van der Waals surface area contributed by atoms with Crippen LogP contribution in [0.2, 0.25) is 0 Å². The van der Waals surface area contributed by atoms with E-state index in [0.717, 1.165) is 6.07 Å². The van der Waals surface area contributed by atoms with E-state index in [4.69, 9.17) is 0 Å². The molecule has 0 radical (unpaired) electrons. The highest BCUT2D eigenvalue weighted by Crippen LogP contribution is 2.38. The predicted octanol–water partition coefficient (Wildman–Crippen LogP) is 3.50. The fourth-order valence-electron chi connectivity index (χ4n) is 1.84. The van der Waals surface area contributed by atoms with Gasteiger partial charge in [0.25, 0.3) is 0 Å². The molecule has 1 amide bonds. The van der Waals surface area contributed by atoms with Gasteiger partial charge in [0.05, 0.1) is 5.56 Å². The van der Waals surface area contributed by atoms with Crippen LogP contribution in [-0.4, -0.2) is 17.7 Å². The summed E-state index contributed by atoms with van der Waals surface area (Å²) in [6, 6.07) is 3.77. The Morgan fingerprint density at radius 3 is 2.56 bits per heavy atom. The molecule has 7 heteroatoms. The number of rotatable bonds is 1. The maximum atomic E-state index is 12.7. The van der Waals surface area contributed by atoms with E-state index in [1.54, 1.807) is 0 Å². The van der Waals surface area contributed by atoms with Crippen LogP contribution in [0.1, 0.15) is 12.0 Å². The van der Waals surface area contributed by atoms with Gasteiger partial charge in [-0.2, -0.15) is 25.8 Å². The first-order chi connectivity index (χ1) is 8.29. The van der Waals surface area contributed by atoms with Crippen LogP contribution < -0.4 is 4.90 Å². The molecule has 1 aliphatic heterocycles. The van der Waals surface area contributed by atoms with E-state index in [9.17, 15) is 18.0 Å². The average molecular weight is 340 g/mol. The zero-order valence-corrected chi connectivity index (χ0v) is 11.5. The van der Waals surface area contributed by atoms with E-state index in [2.05, 4.69) is 28.6 Å². The molecule has 18 heavy (non-hydrogen) atoms. The average Bonchev–Trinajstić information content (AvgIpc) is 2.57. The van der Waals surface area contributed by atoms with Crippen LogP contribution in [0.4, 0.5) is 18.9 Å². The van der Waals surface area contributed by atoms with Gasteiger partial charge in [0.2, 0.25) is 5.91 Å². The molecule has 0 bridgehead atoms. The van der Waals surface area contributed by atoms with Gasteiger partial charge in [-0.15, -0.1) is 0 Å². The maximum Gasteiger partial charge on any atom is 0.417 e. The van der Waals surface area contributed by atoms with Crippen molar-refractivity contribution in [2.75, 3.05) is 11.4 Å². The molecule has 1 unspecified atom stereocenters. The third-order valence-electron chi connectivity index (χ3n) is 2.67. The van der Waals surface area contributed by atoms with Crippen LogP contribution in [0.25, 0.3) is 0 Å². The van der Waals surface area contributed by atoms with E-state index in [-0.39, 0.29) is 27.7 Å². The molecule has 1 aromatic rings. The van der Waals surface area contributed by atoms with Crippen LogP contribution in [-0.2, 0) is 11.0 Å². The molecule has 0 aromatic heterocycles. The van der Waals surface area contributed by atoms with Gasteiger partial charge in [-0.05, 0) is 18.2 Å². The SMILES string of the molecule is O=C1CC(S)CN1c1ccc(Br)c(C(F)(F)F)c1. The molecule has 1 heterocycles. The number of halogens is 4. The number of carbonyl (C=O) groups excluding carboxylic acids is 1. The number of alkyl halides is 3. The minimum atomic E-state index is -4.45. The lowest BCUT2D eigenvalue weighted by Crippen LogP contribution is -2.25. The lowest BCUT2D eigenvalue weighted by atomic mass is 10.2. The van der Waals surface area contributed by atoms with Gasteiger partial charge in [-0.25, -0.2) is 0 Å². The third-order valence-corrected chi connectivity index (χ3v) is 3.71. The number of benzene rings is 1. The Balaban J connectivity index is 2.39. The molecule has 1 aromatic carbocycles. The van der Waals surface area contributed by atoms with Crippen LogP contribution >= 0.6 is 28.6 Å². The van der Waals surface area contributed by atoms with E-state index >= 15 is 0 Å². The van der Waals surface area contributed by atoms with Gasteiger partial charge in [0.1, 0.15) is 0 Å². The molecule has 1 fully saturated rings. The fourth-order valence-corrected chi connectivity index (χ4v) is 2.63. The first kappa shape index (κ1) is 13.7. The number of hydrogen-bond acceptors (Lipinski definition) is 2. The summed E-state index contributed by atoms with van der Waals surface area (Å²) < 4.78 is 38.2. The van der Waals surface area contributed by atoms with Gasteiger partial charge < -0.3 is 4.90 Å². The van der Waals surface area contributed by atoms with Crippen molar-refractivity contribution < 1.29 is 18.0 Å². The van der Waals surface area contributed by atoms with E-state index in [0.29, 0.717) is 6.54 Å². The molecule has 0 N–H and O–H groups in total. The molecule has 2 nitrogen and oxygen atoms in total. The molecule has 98 valence electrons. The molecular formula is C11H9BrF3NOS. The summed E-state index contributed by atoms with van der Waals surface area (Å²) in [7, 11) is 0. The quantitative estimate of drug-likeness (QED) is 0.776. The molecule has 0 saturated carbocycles. The minimum absolute atomic E-state index is 0.0344. The lowest BCUT2D eigenvalue weighted by Gasteiger charge is -2.18. The Kier molecular flexibility index (Phi) is 3.64. The topological polar surface area (TPSA) is 20.3 Å². The number of thiol groups is 1. The van der Waals surface area contributed by atoms with E-state index < -0.39 is 11.7 Å². The second-order valence-corrected chi connectivity index (χ2v) is 5.61. The Hall–Kier alpha value is -0.690. The number of amides is 1. The monoisotopic (exact) mass is 339 g/mol. The van der Waals surface area contributed by atoms with Crippen molar-refractivity contribution in [3.63, 3.8) is 0 Å². The highest BCUT2D eigenvalue weighted by atomic mass is 79.9. The molecule has 1 saturated heterocycles. The molecule has 0 aliphatic carbocycles. The predicted molar refractivity (Wildman–Crippen MR) is 68.9 cm³/mol. The van der Waals surface area contributed by atoms with E-state index in [1.165, 1.54) is 17.0 Å². The summed E-state index contributed by atoms with van der Waals surface area (Å²) in [5.41, 5.74) is -0.525. The first-order valence-corrected chi connectivity index (χ1v) is 6.45. The third kappa shape index (κ3) is 2.66. The van der Waals surface area contributed by atoms with Crippen LogP contribution in [0.15, 0.2) is 22.7 Å². The summed E-state index contributed by atoms with van der Waals surface area (Å²) in [5, 5.41) is -0.129. The summed E-state index contributed by atoms with van der Waals surface area (Å²) in [4.78, 5) is 12.9. The second kappa shape index (κ2) is 4.77. The van der Waals surface area contributed by atoms with Crippen molar-refractivity contribution >= 4 is 40.2 Å². The fraction of sp³-hybridized carbons (Fsp3) is 0.364. The van der Waals surface area contributed by atoms with Gasteiger partial charge in [-0.3, -0.25) is 4.79 Å². The van der Waals surface area contributed by atoms with Crippen LogP contribution in [0.3, 0.4) is 0 Å². The second-order valence-electron chi connectivity index (χ2n) is 4.02. The Bertz CT molecular complexity index is 492. The Labute approximate surface area is 116 Å². The first-order valence-electron chi connectivity index (χ1n) is 5.14. The summed E-state index contributed by atoms with van der Waals surface area (Å²) in [6.07, 6.45) is -4.20. The van der Waals surface area contributed by atoms with E-state index in [1.807, 2.05) is 0 Å². The van der Waals surface area contributed by atoms with Crippen LogP contribution in [0, 0.1) is 0 Å². The Morgan fingerprint density at radius 1 is 1.39 bits per heavy atom. The number of anilines is 1. The van der Waals surface area contributed by atoms with Crippen molar-refractivity contribution in [2.24, 2.45) is 0 Å².